The molecule has 2 aromatic heterocycles. The minimum absolute atomic E-state index is 0.244. The first-order chi connectivity index (χ1) is 12.5. The molecule has 128 valence electrons. The highest BCUT2D eigenvalue weighted by Gasteiger charge is 2.16. The van der Waals surface area contributed by atoms with Gasteiger partial charge in [-0.3, -0.25) is 4.79 Å². The molecule has 3 aromatic rings. The van der Waals surface area contributed by atoms with Crippen molar-refractivity contribution < 1.29 is 4.79 Å². The van der Waals surface area contributed by atoms with Crippen LogP contribution >= 0.6 is 0 Å². The van der Waals surface area contributed by atoms with E-state index in [1.54, 1.807) is 47.4 Å². The summed E-state index contributed by atoms with van der Waals surface area (Å²) in [6.07, 6.45) is 4.95. The van der Waals surface area contributed by atoms with Gasteiger partial charge in [-0.2, -0.15) is 5.26 Å². The average molecular weight is 344 g/mol. The van der Waals surface area contributed by atoms with Crippen molar-refractivity contribution in [3.8, 4) is 22.9 Å². The van der Waals surface area contributed by atoms with Crippen LogP contribution in [0.1, 0.15) is 18.1 Å². The van der Waals surface area contributed by atoms with Gasteiger partial charge in [-0.15, -0.1) is 5.10 Å². The predicted octanol–water partition coefficient (Wildman–Crippen LogP) is 2.99. The Labute approximate surface area is 150 Å². The lowest BCUT2D eigenvalue weighted by atomic mass is 10.1. The molecule has 0 aliphatic rings. The second-order valence-electron chi connectivity index (χ2n) is 5.54. The van der Waals surface area contributed by atoms with Crippen molar-refractivity contribution in [3.05, 3.63) is 60.4 Å². The minimum atomic E-state index is -0.244. The largest absolute Gasteiger partial charge is 0.383 e. The van der Waals surface area contributed by atoms with Gasteiger partial charge in [0.25, 0.3) is 0 Å². The van der Waals surface area contributed by atoms with Crippen LogP contribution < -0.4 is 11.1 Å². The summed E-state index contributed by atoms with van der Waals surface area (Å²) in [6, 6.07) is 10.9. The first kappa shape index (κ1) is 16.9. The Hall–Kier alpha value is -3.92. The lowest BCUT2D eigenvalue weighted by Crippen LogP contribution is -2.08. The predicted molar refractivity (Wildman–Crippen MR) is 100 cm³/mol. The highest BCUT2D eigenvalue weighted by atomic mass is 16.1. The number of nitrogens with one attached hydrogen (secondary N) is 1. The smallest absolute Gasteiger partial charge is 0.222 e. The molecule has 0 spiro atoms. The monoisotopic (exact) mass is 344 g/mol. The molecule has 26 heavy (non-hydrogen) atoms. The van der Waals surface area contributed by atoms with E-state index in [0.717, 1.165) is 5.56 Å². The Bertz CT molecular complexity index is 1040. The summed E-state index contributed by atoms with van der Waals surface area (Å²) in [5.41, 5.74) is 9.20. The van der Waals surface area contributed by atoms with E-state index in [1.165, 1.54) is 6.92 Å². The fourth-order valence-electron chi connectivity index (χ4n) is 2.61. The number of benzene rings is 1. The first-order valence-corrected chi connectivity index (χ1v) is 7.78. The summed E-state index contributed by atoms with van der Waals surface area (Å²) < 4.78 is 1.61. The van der Waals surface area contributed by atoms with Crippen LogP contribution in [0.25, 0.3) is 22.9 Å². The van der Waals surface area contributed by atoms with Crippen molar-refractivity contribution in [2.24, 2.45) is 0 Å². The summed E-state index contributed by atoms with van der Waals surface area (Å²) in [7, 11) is 0. The van der Waals surface area contributed by atoms with E-state index in [1.807, 2.05) is 6.07 Å². The van der Waals surface area contributed by atoms with Gasteiger partial charge in [-0.25, -0.2) is 9.67 Å². The molecule has 3 N–H and O–H groups in total. The van der Waals surface area contributed by atoms with Gasteiger partial charge in [0.1, 0.15) is 5.82 Å². The van der Waals surface area contributed by atoms with E-state index in [9.17, 15) is 4.79 Å². The molecule has 7 heteroatoms. The molecular formula is C19H16N6O. The number of hydrogen-bond donors (Lipinski definition) is 2. The van der Waals surface area contributed by atoms with Crippen molar-refractivity contribution >= 4 is 23.6 Å². The molecule has 0 fully saturated rings. The van der Waals surface area contributed by atoms with Crippen LogP contribution in [-0.2, 0) is 4.79 Å². The molecule has 7 nitrogen and oxygen atoms in total. The van der Waals surface area contributed by atoms with Crippen molar-refractivity contribution in [2.45, 2.75) is 6.92 Å². The number of nitriles is 1. The van der Waals surface area contributed by atoms with Crippen molar-refractivity contribution in [2.75, 3.05) is 11.1 Å². The molecule has 0 atom stereocenters. The van der Waals surface area contributed by atoms with Crippen LogP contribution in [0.2, 0.25) is 0 Å². The molecule has 1 amide bonds. The third-order valence-corrected chi connectivity index (χ3v) is 3.76. The zero-order valence-corrected chi connectivity index (χ0v) is 14.1. The van der Waals surface area contributed by atoms with E-state index in [2.05, 4.69) is 28.0 Å². The number of nitrogens with two attached hydrogens (primary N) is 1. The Morgan fingerprint density at radius 3 is 2.92 bits per heavy atom. The van der Waals surface area contributed by atoms with Crippen molar-refractivity contribution in [1.29, 1.82) is 5.26 Å². The van der Waals surface area contributed by atoms with Gasteiger partial charge >= 0.3 is 0 Å². The highest BCUT2D eigenvalue weighted by molar-refractivity contribution is 5.92. The average Bonchev–Trinajstić information content (AvgIpc) is 3.04. The fraction of sp³-hybridized carbons (Fsp3) is 0.0526. The molecular weight excluding hydrogens is 328 g/mol. The Balaban J connectivity index is 2.20. The summed E-state index contributed by atoms with van der Waals surface area (Å²) in [5, 5.41) is 16.3. The number of nitrogen functional groups attached to an aromatic ring is 1. The summed E-state index contributed by atoms with van der Waals surface area (Å²) in [4.78, 5) is 15.6. The van der Waals surface area contributed by atoms with Gasteiger partial charge in [0, 0.05) is 30.4 Å². The molecule has 1 aromatic carbocycles. The van der Waals surface area contributed by atoms with Gasteiger partial charge in [0.05, 0.1) is 17.3 Å². The molecule has 0 aliphatic heterocycles. The summed E-state index contributed by atoms with van der Waals surface area (Å²) in [5.74, 6) is 0.478. The number of carbonyl (C=O) groups excluding carboxylic acids is 1. The topological polar surface area (TPSA) is 110 Å². The van der Waals surface area contributed by atoms with Gasteiger partial charge in [0.2, 0.25) is 5.91 Å². The second kappa shape index (κ2) is 6.91. The van der Waals surface area contributed by atoms with Crippen LogP contribution in [0.5, 0.6) is 0 Å². The van der Waals surface area contributed by atoms with E-state index in [0.29, 0.717) is 34.0 Å². The fourth-order valence-corrected chi connectivity index (χ4v) is 2.61. The number of anilines is 2. The number of hydrogen-bond acceptors (Lipinski definition) is 5. The lowest BCUT2D eigenvalue weighted by Gasteiger charge is -2.07. The van der Waals surface area contributed by atoms with Crippen LogP contribution in [0.15, 0.2) is 49.3 Å². The van der Waals surface area contributed by atoms with Crippen molar-refractivity contribution in [3.63, 3.8) is 0 Å². The number of rotatable bonds is 4. The Morgan fingerprint density at radius 2 is 2.23 bits per heavy atom. The Kier molecular flexibility index (Phi) is 4.50. The quantitative estimate of drug-likeness (QED) is 0.756. The Morgan fingerprint density at radius 1 is 1.42 bits per heavy atom. The first-order valence-electron chi connectivity index (χ1n) is 7.78. The highest BCUT2D eigenvalue weighted by Crippen LogP contribution is 2.30. The normalized spacial score (nSPS) is 10.2. The SMILES string of the molecule is C=Cc1c(-n2cc(-c3cccc(C#N)c3)c(NC(C)=O)n2)ccnc1N. The van der Waals surface area contributed by atoms with Crippen LogP contribution in [0, 0.1) is 11.3 Å². The molecule has 0 saturated heterocycles. The van der Waals surface area contributed by atoms with Gasteiger partial charge in [0.15, 0.2) is 5.82 Å². The minimum Gasteiger partial charge on any atom is -0.383 e. The van der Waals surface area contributed by atoms with Crippen LogP contribution in [0.3, 0.4) is 0 Å². The number of amides is 1. The van der Waals surface area contributed by atoms with E-state index in [-0.39, 0.29) is 5.91 Å². The number of carbonyl (C=O) groups is 1. The van der Waals surface area contributed by atoms with Gasteiger partial charge < -0.3 is 11.1 Å². The zero-order chi connectivity index (χ0) is 18.7. The molecule has 0 aliphatic carbocycles. The number of pyridine rings is 1. The molecule has 0 bridgehead atoms. The van der Waals surface area contributed by atoms with E-state index >= 15 is 0 Å². The third-order valence-electron chi connectivity index (χ3n) is 3.76. The summed E-state index contributed by atoms with van der Waals surface area (Å²) in [6.45, 7) is 5.18. The second-order valence-corrected chi connectivity index (χ2v) is 5.54. The number of nitrogens with zero attached hydrogens (tertiary/aromatic N) is 4. The van der Waals surface area contributed by atoms with E-state index < -0.39 is 0 Å². The van der Waals surface area contributed by atoms with E-state index in [4.69, 9.17) is 11.0 Å². The van der Waals surface area contributed by atoms with Crippen LogP contribution in [-0.4, -0.2) is 20.7 Å². The van der Waals surface area contributed by atoms with Crippen molar-refractivity contribution in [1.82, 2.24) is 14.8 Å². The molecule has 2 heterocycles. The third kappa shape index (κ3) is 3.16. The number of aromatic nitrogens is 3. The van der Waals surface area contributed by atoms with Crippen LogP contribution in [0.4, 0.5) is 11.6 Å². The zero-order valence-electron chi connectivity index (χ0n) is 14.1. The maximum Gasteiger partial charge on any atom is 0.222 e. The lowest BCUT2D eigenvalue weighted by molar-refractivity contribution is -0.114. The molecule has 0 unspecified atom stereocenters. The van der Waals surface area contributed by atoms with Gasteiger partial charge in [-0.1, -0.05) is 24.8 Å². The maximum absolute atomic E-state index is 11.6. The summed E-state index contributed by atoms with van der Waals surface area (Å²) >= 11 is 0. The molecule has 0 radical (unpaired) electrons. The molecule has 3 rings (SSSR count). The maximum atomic E-state index is 11.6. The van der Waals surface area contributed by atoms with Gasteiger partial charge in [-0.05, 0) is 23.8 Å². The molecule has 0 saturated carbocycles. The standard InChI is InChI=1S/C19H16N6O/c1-3-15-17(7-8-22-18(15)21)25-11-16(19(24-25)23-12(2)26)14-6-4-5-13(9-14)10-20/h3-9,11H,1H2,2H3,(H2,21,22)(H,23,24,26).